The van der Waals surface area contributed by atoms with Gasteiger partial charge in [0.1, 0.15) is 5.56 Å². The van der Waals surface area contributed by atoms with Crippen LogP contribution in [0.5, 0.6) is 0 Å². The van der Waals surface area contributed by atoms with E-state index in [0.29, 0.717) is 33.4 Å². The van der Waals surface area contributed by atoms with Gasteiger partial charge in [0.15, 0.2) is 0 Å². The maximum atomic E-state index is 13.0. The first-order valence-corrected chi connectivity index (χ1v) is 9.76. The van der Waals surface area contributed by atoms with Gasteiger partial charge in [0.05, 0.1) is 24.0 Å². The first-order valence-electron chi connectivity index (χ1n) is 9.01. The average molecular weight is 432 g/mol. The molecule has 3 rings (SSSR count). The van der Waals surface area contributed by atoms with Crippen molar-refractivity contribution in [3.8, 4) is 16.9 Å². The Morgan fingerprint density at radius 2 is 1.86 bits per heavy atom. The minimum atomic E-state index is -0.588. The van der Waals surface area contributed by atoms with E-state index < -0.39 is 17.5 Å². The number of rotatable bonds is 6. The van der Waals surface area contributed by atoms with Crippen molar-refractivity contribution >= 4 is 29.1 Å². The van der Waals surface area contributed by atoms with Gasteiger partial charge >= 0.3 is 0 Å². The Morgan fingerprint density at radius 3 is 2.48 bits per heavy atom. The monoisotopic (exact) mass is 431 g/mol. The fourth-order valence-electron chi connectivity index (χ4n) is 2.74. The van der Waals surface area contributed by atoms with Crippen LogP contribution in [0.25, 0.3) is 16.9 Å². The molecule has 0 saturated carbocycles. The molecule has 1 heterocycles. The van der Waals surface area contributed by atoms with Crippen molar-refractivity contribution in [1.82, 2.24) is 15.1 Å². The summed E-state index contributed by atoms with van der Waals surface area (Å²) in [6.07, 6.45) is 0.528. The second-order valence-corrected chi connectivity index (χ2v) is 7.28. The van der Waals surface area contributed by atoms with Gasteiger partial charge in [-0.25, -0.2) is 0 Å². The molecule has 3 aromatic rings. The summed E-state index contributed by atoms with van der Waals surface area (Å²) in [6, 6.07) is 14.5. The fraction of sp³-hybridized carbons (Fsp3) is 0.190. The molecule has 6 nitrogen and oxygen atoms in total. The van der Waals surface area contributed by atoms with Crippen LogP contribution in [0.2, 0.25) is 10.0 Å². The quantitative estimate of drug-likeness (QED) is 0.622. The smallest absolute Gasteiger partial charge is 0.284 e. The van der Waals surface area contributed by atoms with E-state index in [2.05, 4.69) is 10.4 Å². The van der Waals surface area contributed by atoms with Crippen LogP contribution in [0.15, 0.2) is 59.4 Å². The molecule has 1 atom stereocenters. The largest absolute Gasteiger partial charge is 0.394 e. The van der Waals surface area contributed by atoms with Crippen molar-refractivity contribution in [3.63, 3.8) is 0 Å². The Balaban J connectivity index is 2.17. The number of halogens is 2. The Kier molecular flexibility index (Phi) is 6.69. The summed E-state index contributed by atoms with van der Waals surface area (Å²) >= 11 is 12.0. The summed E-state index contributed by atoms with van der Waals surface area (Å²) in [7, 11) is 0. The lowest BCUT2D eigenvalue weighted by molar-refractivity contribution is 0.0913. The molecule has 0 aliphatic rings. The second kappa shape index (κ2) is 9.22. The van der Waals surface area contributed by atoms with E-state index in [1.54, 1.807) is 48.5 Å². The van der Waals surface area contributed by atoms with Gasteiger partial charge < -0.3 is 10.4 Å². The van der Waals surface area contributed by atoms with Crippen molar-refractivity contribution in [2.45, 2.75) is 19.4 Å². The SMILES string of the molecule is CCC(CO)NC(=O)c1cc(-c2ccc(Cl)cc2)nn(-c2cccc(Cl)c2)c1=O. The molecule has 0 fully saturated rings. The van der Waals surface area contributed by atoms with Crippen molar-refractivity contribution < 1.29 is 9.90 Å². The van der Waals surface area contributed by atoms with Crippen LogP contribution in [0.1, 0.15) is 23.7 Å². The third-order valence-corrected chi connectivity index (χ3v) is 4.88. The number of hydrogen-bond donors (Lipinski definition) is 2. The van der Waals surface area contributed by atoms with Gasteiger partial charge in [-0.05, 0) is 42.8 Å². The van der Waals surface area contributed by atoms with Gasteiger partial charge in [-0.1, -0.05) is 48.3 Å². The van der Waals surface area contributed by atoms with E-state index >= 15 is 0 Å². The zero-order valence-electron chi connectivity index (χ0n) is 15.6. The third-order valence-electron chi connectivity index (χ3n) is 4.40. The van der Waals surface area contributed by atoms with Crippen LogP contribution in [0, 0.1) is 0 Å². The van der Waals surface area contributed by atoms with Crippen molar-refractivity contribution in [2.24, 2.45) is 0 Å². The highest BCUT2D eigenvalue weighted by Gasteiger charge is 2.19. The minimum Gasteiger partial charge on any atom is -0.394 e. The zero-order valence-corrected chi connectivity index (χ0v) is 17.1. The summed E-state index contributed by atoms with van der Waals surface area (Å²) in [6.45, 7) is 1.61. The highest BCUT2D eigenvalue weighted by atomic mass is 35.5. The van der Waals surface area contributed by atoms with E-state index in [1.165, 1.54) is 6.07 Å². The summed E-state index contributed by atoms with van der Waals surface area (Å²) in [4.78, 5) is 25.8. The summed E-state index contributed by atoms with van der Waals surface area (Å²) in [5, 5.41) is 17.5. The number of benzene rings is 2. The van der Waals surface area contributed by atoms with Crippen LogP contribution in [0.4, 0.5) is 0 Å². The first-order chi connectivity index (χ1) is 13.9. The molecule has 150 valence electrons. The van der Waals surface area contributed by atoms with Crippen molar-refractivity contribution in [3.05, 3.63) is 80.6 Å². The second-order valence-electron chi connectivity index (χ2n) is 6.41. The van der Waals surface area contributed by atoms with Gasteiger partial charge in [0.2, 0.25) is 0 Å². The lowest BCUT2D eigenvalue weighted by Gasteiger charge is -2.15. The van der Waals surface area contributed by atoms with Gasteiger partial charge in [-0.3, -0.25) is 9.59 Å². The molecule has 29 heavy (non-hydrogen) atoms. The molecule has 0 aliphatic heterocycles. The van der Waals surface area contributed by atoms with E-state index in [4.69, 9.17) is 23.2 Å². The average Bonchev–Trinajstić information content (AvgIpc) is 2.72. The fourth-order valence-corrected chi connectivity index (χ4v) is 3.05. The number of amides is 1. The molecule has 1 aromatic heterocycles. The molecule has 0 radical (unpaired) electrons. The van der Waals surface area contributed by atoms with E-state index in [-0.39, 0.29) is 12.2 Å². The molecule has 1 unspecified atom stereocenters. The highest BCUT2D eigenvalue weighted by molar-refractivity contribution is 6.31. The van der Waals surface area contributed by atoms with Gasteiger partial charge in [-0.15, -0.1) is 0 Å². The standard InChI is InChI=1S/C21H19Cl2N3O3/c1-2-16(12-27)24-20(28)18-11-19(13-6-8-14(22)9-7-13)25-26(21(18)29)17-5-3-4-15(23)10-17/h3-11,16,27H,2,12H2,1H3,(H,24,28). The van der Waals surface area contributed by atoms with Crippen molar-refractivity contribution in [2.75, 3.05) is 6.61 Å². The minimum absolute atomic E-state index is 0.0863. The van der Waals surface area contributed by atoms with Crippen LogP contribution < -0.4 is 10.9 Å². The number of carbonyl (C=O) groups is 1. The van der Waals surface area contributed by atoms with Gasteiger partial charge in [-0.2, -0.15) is 9.78 Å². The molecule has 2 aromatic carbocycles. The Morgan fingerprint density at radius 1 is 1.14 bits per heavy atom. The number of nitrogens with zero attached hydrogens (tertiary/aromatic N) is 2. The summed E-state index contributed by atoms with van der Waals surface area (Å²) in [5.41, 5.74) is 0.866. The lowest BCUT2D eigenvalue weighted by atomic mass is 10.1. The number of aliphatic hydroxyl groups excluding tert-OH is 1. The molecule has 0 bridgehead atoms. The third kappa shape index (κ3) is 4.85. The first kappa shape index (κ1) is 21.0. The highest BCUT2D eigenvalue weighted by Crippen LogP contribution is 2.21. The number of carbonyl (C=O) groups excluding carboxylic acids is 1. The molecular formula is C21H19Cl2N3O3. The van der Waals surface area contributed by atoms with Crippen LogP contribution >= 0.6 is 23.2 Å². The normalized spacial score (nSPS) is 11.9. The lowest BCUT2D eigenvalue weighted by Crippen LogP contribution is -2.40. The summed E-state index contributed by atoms with van der Waals surface area (Å²) < 4.78 is 1.14. The van der Waals surface area contributed by atoms with Crippen LogP contribution in [0.3, 0.4) is 0 Å². The molecule has 0 saturated heterocycles. The van der Waals surface area contributed by atoms with Crippen molar-refractivity contribution in [1.29, 1.82) is 0 Å². The molecule has 1 amide bonds. The van der Waals surface area contributed by atoms with Gasteiger partial charge in [0, 0.05) is 15.6 Å². The molecule has 8 heteroatoms. The maximum absolute atomic E-state index is 13.0. The number of aliphatic hydroxyl groups is 1. The molecule has 0 spiro atoms. The Hall–Kier alpha value is -2.67. The van der Waals surface area contributed by atoms with E-state index in [1.807, 2.05) is 6.92 Å². The number of nitrogens with one attached hydrogen (secondary N) is 1. The zero-order chi connectivity index (χ0) is 21.0. The van der Waals surface area contributed by atoms with Crippen LogP contribution in [-0.4, -0.2) is 33.4 Å². The van der Waals surface area contributed by atoms with E-state index in [9.17, 15) is 14.7 Å². The summed E-state index contributed by atoms with van der Waals surface area (Å²) in [5.74, 6) is -0.579. The number of hydrogen-bond acceptors (Lipinski definition) is 4. The number of aromatic nitrogens is 2. The predicted molar refractivity (Wildman–Crippen MR) is 114 cm³/mol. The molecule has 2 N–H and O–H groups in total. The predicted octanol–water partition coefficient (Wildman–Crippen LogP) is 3.71. The molecule has 0 aliphatic carbocycles. The topological polar surface area (TPSA) is 84.2 Å². The molecular weight excluding hydrogens is 413 g/mol. The Labute approximate surface area is 177 Å². The Bertz CT molecular complexity index is 1080. The van der Waals surface area contributed by atoms with E-state index in [0.717, 1.165) is 4.68 Å². The maximum Gasteiger partial charge on any atom is 0.284 e. The van der Waals surface area contributed by atoms with Crippen LogP contribution in [-0.2, 0) is 0 Å². The van der Waals surface area contributed by atoms with Gasteiger partial charge in [0.25, 0.3) is 11.5 Å².